The molecular formula is C28H26F3N3O. The summed E-state index contributed by atoms with van der Waals surface area (Å²) >= 11 is 0. The number of halogens is 3. The zero-order chi connectivity index (χ0) is 24.6. The van der Waals surface area contributed by atoms with Crippen LogP contribution in [0.5, 0.6) is 0 Å². The Labute approximate surface area is 202 Å². The van der Waals surface area contributed by atoms with Crippen LogP contribution >= 0.6 is 0 Å². The van der Waals surface area contributed by atoms with Crippen molar-refractivity contribution in [1.82, 2.24) is 4.90 Å². The first kappa shape index (κ1) is 23.0. The largest absolute Gasteiger partial charge is 0.416 e. The van der Waals surface area contributed by atoms with Crippen molar-refractivity contribution in [3.8, 4) is 0 Å². The highest BCUT2D eigenvalue weighted by atomic mass is 19.4. The van der Waals surface area contributed by atoms with Gasteiger partial charge in [0, 0.05) is 55.3 Å². The average molecular weight is 478 g/mol. The quantitative estimate of drug-likeness (QED) is 0.453. The van der Waals surface area contributed by atoms with Crippen molar-refractivity contribution in [3.63, 3.8) is 0 Å². The van der Waals surface area contributed by atoms with Gasteiger partial charge in [-0.3, -0.25) is 4.79 Å². The van der Waals surface area contributed by atoms with Crippen LogP contribution in [0.1, 0.15) is 27.0 Å². The molecule has 2 heterocycles. The molecule has 0 spiro atoms. The van der Waals surface area contributed by atoms with E-state index in [0.29, 0.717) is 43.0 Å². The Balaban J connectivity index is 1.25. The van der Waals surface area contributed by atoms with E-state index in [1.54, 1.807) is 17.9 Å². The lowest BCUT2D eigenvalue weighted by molar-refractivity contribution is -0.137. The minimum Gasteiger partial charge on any atom is -0.368 e. The molecule has 5 rings (SSSR count). The zero-order valence-electron chi connectivity index (χ0n) is 19.4. The van der Waals surface area contributed by atoms with Gasteiger partial charge < -0.3 is 14.7 Å². The monoisotopic (exact) mass is 477 g/mol. The Morgan fingerprint density at radius 3 is 2.29 bits per heavy atom. The van der Waals surface area contributed by atoms with Crippen LogP contribution in [0, 0.1) is 6.92 Å². The molecule has 2 aliphatic heterocycles. The number of benzene rings is 3. The molecule has 0 aromatic heterocycles. The number of piperazine rings is 1. The van der Waals surface area contributed by atoms with Gasteiger partial charge in [-0.25, -0.2) is 0 Å². The number of rotatable bonds is 3. The standard InChI is InChI=1S/C28H26F3N3O/c1-20-17-23(28(29,30)31)19-25(18-20)32-13-15-33(16-14-32)27(35)22-8-10-24(11-9-22)34-12-4-6-21-5-2-3-7-26(21)34/h2-11,17-19H,12-16H2,1H3. The lowest BCUT2D eigenvalue weighted by Gasteiger charge is -2.36. The molecule has 0 N–H and O–H groups in total. The van der Waals surface area contributed by atoms with Crippen molar-refractivity contribution in [1.29, 1.82) is 0 Å². The van der Waals surface area contributed by atoms with Gasteiger partial charge in [-0.05, 0) is 66.6 Å². The number of carbonyl (C=O) groups excluding carboxylic acids is 1. The summed E-state index contributed by atoms with van der Waals surface area (Å²) in [5.74, 6) is -0.0598. The Morgan fingerprint density at radius 1 is 0.857 bits per heavy atom. The molecule has 0 radical (unpaired) electrons. The van der Waals surface area contributed by atoms with Crippen molar-refractivity contribution in [2.75, 3.05) is 42.5 Å². The first-order chi connectivity index (χ1) is 16.8. The highest BCUT2D eigenvalue weighted by Gasteiger charge is 2.32. The van der Waals surface area contributed by atoms with Crippen LogP contribution < -0.4 is 9.80 Å². The molecule has 4 nitrogen and oxygen atoms in total. The number of carbonyl (C=O) groups is 1. The third-order valence-corrected chi connectivity index (χ3v) is 6.56. The van der Waals surface area contributed by atoms with E-state index in [4.69, 9.17) is 0 Å². The molecule has 7 heteroatoms. The Morgan fingerprint density at radius 2 is 1.57 bits per heavy atom. The number of aryl methyl sites for hydroxylation is 1. The Hall–Kier alpha value is -3.74. The molecule has 0 bridgehead atoms. The fraction of sp³-hybridized carbons (Fsp3) is 0.250. The molecule has 0 unspecified atom stereocenters. The van der Waals surface area contributed by atoms with Gasteiger partial charge in [-0.2, -0.15) is 13.2 Å². The zero-order valence-corrected chi connectivity index (χ0v) is 19.4. The molecule has 1 saturated heterocycles. The fourth-order valence-electron chi connectivity index (χ4n) is 4.75. The maximum Gasteiger partial charge on any atom is 0.416 e. The maximum absolute atomic E-state index is 13.2. The summed E-state index contributed by atoms with van der Waals surface area (Å²) in [5, 5.41) is 0. The molecule has 2 aliphatic rings. The van der Waals surface area contributed by atoms with Crippen LogP contribution in [-0.4, -0.2) is 43.5 Å². The first-order valence-electron chi connectivity index (χ1n) is 11.7. The molecular weight excluding hydrogens is 451 g/mol. The number of nitrogens with zero attached hydrogens (tertiary/aromatic N) is 3. The topological polar surface area (TPSA) is 26.8 Å². The van der Waals surface area contributed by atoms with Crippen molar-refractivity contribution in [2.24, 2.45) is 0 Å². The van der Waals surface area contributed by atoms with Crippen LogP contribution in [0.3, 0.4) is 0 Å². The smallest absolute Gasteiger partial charge is 0.368 e. The van der Waals surface area contributed by atoms with Crippen LogP contribution in [0.2, 0.25) is 0 Å². The predicted molar refractivity (Wildman–Crippen MR) is 133 cm³/mol. The SMILES string of the molecule is Cc1cc(N2CCN(C(=O)c3ccc(N4CC=Cc5ccccc54)cc3)CC2)cc(C(F)(F)F)c1. The van der Waals surface area contributed by atoms with Gasteiger partial charge in [0.2, 0.25) is 0 Å². The summed E-state index contributed by atoms with van der Waals surface area (Å²) in [6.45, 7) is 4.32. The van der Waals surface area contributed by atoms with E-state index in [1.165, 1.54) is 6.07 Å². The van der Waals surface area contributed by atoms with Crippen molar-refractivity contribution in [2.45, 2.75) is 13.1 Å². The van der Waals surface area contributed by atoms with Crippen molar-refractivity contribution < 1.29 is 18.0 Å². The van der Waals surface area contributed by atoms with Crippen molar-refractivity contribution >= 4 is 29.0 Å². The second kappa shape index (κ2) is 9.13. The maximum atomic E-state index is 13.2. The van der Waals surface area contributed by atoms with E-state index in [1.807, 2.05) is 41.3 Å². The van der Waals surface area contributed by atoms with Gasteiger partial charge in [0.25, 0.3) is 5.91 Å². The van der Waals surface area contributed by atoms with Gasteiger partial charge in [0.1, 0.15) is 0 Å². The third kappa shape index (κ3) is 4.76. The second-order valence-electron chi connectivity index (χ2n) is 8.95. The number of hydrogen-bond donors (Lipinski definition) is 0. The molecule has 0 atom stereocenters. The summed E-state index contributed by atoms with van der Waals surface area (Å²) in [6.07, 6.45) is -0.145. The summed E-state index contributed by atoms with van der Waals surface area (Å²) in [4.78, 5) is 19.0. The number of fused-ring (bicyclic) bond motifs is 1. The molecule has 3 aromatic carbocycles. The van der Waals surface area contributed by atoms with Crippen LogP contribution in [0.15, 0.2) is 72.8 Å². The minimum absolute atomic E-state index is 0.0598. The Bertz CT molecular complexity index is 1260. The number of hydrogen-bond acceptors (Lipinski definition) is 3. The van der Waals surface area contributed by atoms with Crippen LogP contribution in [0.25, 0.3) is 6.08 Å². The number of anilines is 3. The van der Waals surface area contributed by atoms with Crippen LogP contribution in [-0.2, 0) is 6.18 Å². The van der Waals surface area contributed by atoms with E-state index in [0.717, 1.165) is 29.5 Å². The lowest BCUT2D eigenvalue weighted by atomic mass is 10.1. The summed E-state index contributed by atoms with van der Waals surface area (Å²) < 4.78 is 39.6. The molecule has 0 saturated carbocycles. The van der Waals surface area contributed by atoms with E-state index >= 15 is 0 Å². The van der Waals surface area contributed by atoms with Gasteiger partial charge in [-0.15, -0.1) is 0 Å². The second-order valence-corrected chi connectivity index (χ2v) is 8.95. The van der Waals surface area contributed by atoms with E-state index < -0.39 is 11.7 Å². The molecule has 1 amide bonds. The van der Waals surface area contributed by atoms with Crippen LogP contribution in [0.4, 0.5) is 30.2 Å². The van der Waals surface area contributed by atoms with Gasteiger partial charge in [-0.1, -0.05) is 30.4 Å². The number of amides is 1. The summed E-state index contributed by atoms with van der Waals surface area (Å²) in [6, 6.07) is 19.9. The summed E-state index contributed by atoms with van der Waals surface area (Å²) in [5.41, 5.74) is 4.39. The van der Waals surface area contributed by atoms with Crippen molar-refractivity contribution in [3.05, 3.63) is 95.1 Å². The molecule has 180 valence electrons. The van der Waals surface area contributed by atoms with Gasteiger partial charge in [0.05, 0.1) is 5.56 Å². The highest BCUT2D eigenvalue weighted by molar-refractivity contribution is 5.95. The third-order valence-electron chi connectivity index (χ3n) is 6.56. The van der Waals surface area contributed by atoms with E-state index in [2.05, 4.69) is 29.2 Å². The van der Waals surface area contributed by atoms with Gasteiger partial charge >= 0.3 is 6.18 Å². The normalized spacial score (nSPS) is 15.8. The average Bonchev–Trinajstić information content (AvgIpc) is 2.87. The fourth-order valence-corrected chi connectivity index (χ4v) is 4.75. The predicted octanol–water partition coefficient (Wildman–Crippen LogP) is 6.14. The lowest BCUT2D eigenvalue weighted by Crippen LogP contribution is -2.48. The summed E-state index contributed by atoms with van der Waals surface area (Å²) in [7, 11) is 0. The molecule has 1 fully saturated rings. The Kier molecular flexibility index (Phi) is 6.01. The number of alkyl halides is 3. The van der Waals surface area contributed by atoms with E-state index in [9.17, 15) is 18.0 Å². The molecule has 35 heavy (non-hydrogen) atoms. The van der Waals surface area contributed by atoms with Gasteiger partial charge in [0.15, 0.2) is 0 Å². The number of para-hydroxylation sites is 1. The molecule has 3 aromatic rings. The first-order valence-corrected chi connectivity index (χ1v) is 11.7. The minimum atomic E-state index is -4.38. The molecule has 0 aliphatic carbocycles. The van der Waals surface area contributed by atoms with E-state index in [-0.39, 0.29) is 5.91 Å². The highest BCUT2D eigenvalue weighted by Crippen LogP contribution is 2.34.